The second kappa shape index (κ2) is 11.4. The fraction of sp³-hybridized carbons (Fsp3) is 0.577. The number of likely N-dealkylation sites (N-methyl/N-ethyl adjacent to an activating group) is 2. The van der Waals surface area contributed by atoms with Crippen molar-refractivity contribution in [1.82, 2.24) is 34.5 Å². The van der Waals surface area contributed by atoms with E-state index in [1.165, 1.54) is 6.07 Å². The number of halogens is 2. The van der Waals surface area contributed by atoms with Crippen LogP contribution in [0.1, 0.15) is 37.1 Å². The summed E-state index contributed by atoms with van der Waals surface area (Å²) in [5.74, 6) is -0.0681. The summed E-state index contributed by atoms with van der Waals surface area (Å²) in [5, 5.41) is 21.6. The van der Waals surface area contributed by atoms with Crippen LogP contribution in [-0.2, 0) is 21.9 Å². The minimum atomic E-state index is -4.12. The first-order valence-corrected chi connectivity index (χ1v) is 15.9. The van der Waals surface area contributed by atoms with E-state index in [1.54, 1.807) is 29.7 Å². The Kier molecular flexibility index (Phi) is 8.23. The van der Waals surface area contributed by atoms with E-state index in [4.69, 9.17) is 0 Å². The first-order valence-electron chi connectivity index (χ1n) is 13.6. The number of carbonyl (C=O) groups excluding carboxylic acids is 1. The number of benzene rings is 1. The normalized spacial score (nSPS) is 17.3. The molecule has 1 saturated heterocycles. The molecule has 1 aromatic carbocycles. The van der Waals surface area contributed by atoms with Gasteiger partial charge in [0.1, 0.15) is 11.2 Å². The quantitative estimate of drug-likeness (QED) is 0.362. The third kappa shape index (κ3) is 5.96. The van der Waals surface area contributed by atoms with Crippen molar-refractivity contribution < 1.29 is 22.0 Å². The molecule has 2 fully saturated rings. The molecule has 0 spiro atoms. The number of nitrogens with zero attached hydrogens (tertiary/aromatic N) is 8. The molecule has 0 unspecified atom stereocenters. The van der Waals surface area contributed by atoms with E-state index in [9.17, 15) is 27.3 Å². The Bertz CT molecular complexity index is 1640. The number of hydrogen-bond donors (Lipinski definition) is 1. The van der Waals surface area contributed by atoms with Gasteiger partial charge in [0.2, 0.25) is 15.9 Å². The van der Waals surface area contributed by atoms with Gasteiger partial charge in [-0.25, -0.2) is 17.2 Å². The highest BCUT2D eigenvalue weighted by atomic mass is 32.2. The van der Waals surface area contributed by atoms with Crippen molar-refractivity contribution in [3.05, 3.63) is 17.1 Å². The Morgan fingerprint density at radius 2 is 1.90 bits per heavy atom. The lowest BCUT2D eigenvalue weighted by atomic mass is 9.94. The second-order valence-electron chi connectivity index (χ2n) is 11.2. The monoisotopic (exact) mass is 621 g/mol. The van der Waals surface area contributed by atoms with Crippen LogP contribution in [-0.4, -0.2) is 97.0 Å². The van der Waals surface area contributed by atoms with Gasteiger partial charge in [-0.15, -0.1) is 10.2 Å². The van der Waals surface area contributed by atoms with Gasteiger partial charge in [0, 0.05) is 51.6 Å². The van der Waals surface area contributed by atoms with Crippen LogP contribution in [0.5, 0.6) is 0 Å². The average molecular weight is 622 g/mol. The van der Waals surface area contributed by atoms with Crippen LogP contribution in [0, 0.1) is 17.2 Å². The zero-order valence-corrected chi connectivity index (χ0v) is 25.5. The molecule has 3 heterocycles. The summed E-state index contributed by atoms with van der Waals surface area (Å²) >= 11 is 0.698. The van der Waals surface area contributed by atoms with E-state index in [0.717, 1.165) is 6.54 Å². The first kappa shape index (κ1) is 30.2. The maximum absolute atomic E-state index is 13.5. The summed E-state index contributed by atoms with van der Waals surface area (Å²) < 4.78 is 57.7. The fourth-order valence-electron chi connectivity index (χ4n) is 5.16. The van der Waals surface area contributed by atoms with Crippen LogP contribution in [0.3, 0.4) is 0 Å². The summed E-state index contributed by atoms with van der Waals surface area (Å²) in [5.41, 5.74) is 0.298. The van der Waals surface area contributed by atoms with Gasteiger partial charge in [-0.3, -0.25) is 9.48 Å². The predicted octanol–water partition coefficient (Wildman–Crippen LogP) is 2.60. The van der Waals surface area contributed by atoms with Gasteiger partial charge < -0.3 is 14.7 Å². The van der Waals surface area contributed by atoms with Crippen molar-refractivity contribution in [3.8, 4) is 16.8 Å². The van der Waals surface area contributed by atoms with Gasteiger partial charge in [0.05, 0.1) is 22.2 Å². The lowest BCUT2D eigenvalue weighted by Gasteiger charge is -2.35. The number of piperidine rings is 1. The second-order valence-corrected chi connectivity index (χ2v) is 13.9. The molecule has 3 aromatic rings. The van der Waals surface area contributed by atoms with Crippen LogP contribution in [0.2, 0.25) is 0 Å². The number of anilines is 1. The van der Waals surface area contributed by atoms with Gasteiger partial charge in [-0.1, -0.05) is 11.3 Å². The number of nitriles is 1. The van der Waals surface area contributed by atoms with Gasteiger partial charge in [-0.2, -0.15) is 15.1 Å². The number of aryl methyl sites for hydroxylation is 1. The molecule has 0 bridgehead atoms. The third-order valence-corrected chi connectivity index (χ3v) is 10.2. The summed E-state index contributed by atoms with van der Waals surface area (Å²) in [7, 11) is 3.30. The highest BCUT2D eigenvalue weighted by molar-refractivity contribution is 7.89. The summed E-state index contributed by atoms with van der Waals surface area (Å²) in [6, 6.07) is 5.04. The molecule has 12 nitrogen and oxygen atoms in total. The van der Waals surface area contributed by atoms with Crippen LogP contribution in [0.4, 0.5) is 14.5 Å². The van der Waals surface area contributed by atoms with Crippen LogP contribution in [0.25, 0.3) is 21.6 Å². The third-order valence-electron chi connectivity index (χ3n) is 7.77. The van der Waals surface area contributed by atoms with E-state index in [-0.39, 0.29) is 27.4 Å². The molecule has 2 aliphatic rings. The van der Waals surface area contributed by atoms with Gasteiger partial charge in [0.15, 0.2) is 10.0 Å². The van der Waals surface area contributed by atoms with Crippen LogP contribution in [0.15, 0.2) is 17.0 Å². The van der Waals surface area contributed by atoms with Crippen molar-refractivity contribution >= 4 is 43.9 Å². The average Bonchev–Trinajstić information content (AvgIpc) is 3.38. The largest absolute Gasteiger partial charge is 0.370 e. The van der Waals surface area contributed by atoms with Crippen molar-refractivity contribution in [2.45, 2.75) is 42.5 Å². The fourth-order valence-corrected chi connectivity index (χ4v) is 7.28. The molecule has 1 amide bonds. The number of rotatable bonds is 10. The molecule has 0 atom stereocenters. The highest BCUT2D eigenvalue weighted by Crippen LogP contribution is 2.41. The predicted molar refractivity (Wildman–Crippen MR) is 154 cm³/mol. The van der Waals surface area contributed by atoms with Crippen molar-refractivity contribution in [2.75, 3.05) is 52.2 Å². The van der Waals surface area contributed by atoms with Crippen LogP contribution >= 0.6 is 11.3 Å². The Morgan fingerprint density at radius 3 is 2.48 bits per heavy atom. The van der Waals surface area contributed by atoms with Gasteiger partial charge in [-0.05, 0) is 51.9 Å². The number of amides is 1. The highest BCUT2D eigenvalue weighted by Gasteiger charge is 2.47. The summed E-state index contributed by atoms with van der Waals surface area (Å²) in [4.78, 5) is 18.8. The standard InChI is InChI=1S/C26H33F2N9O3S2/c1-34(2)11-12-35(3)25(38)16-5-9-37(10-6-16)19-14-17(42(39,40)33-26(15-29)7-8-26)13-18-20(32-36(4)21(18)19)23-30-31-24(41-23)22(27)28/h13-14,16,22,33H,5-12H2,1-4H3. The number of aromatic nitrogens is 4. The first-order chi connectivity index (χ1) is 19.8. The van der Waals surface area contributed by atoms with E-state index in [0.29, 0.717) is 73.2 Å². The van der Waals surface area contributed by atoms with Crippen LogP contribution < -0.4 is 9.62 Å². The number of alkyl halides is 2. The summed E-state index contributed by atoms with van der Waals surface area (Å²) in [6.45, 7) is 2.39. The van der Waals surface area contributed by atoms with Crippen molar-refractivity contribution in [1.29, 1.82) is 5.26 Å². The van der Waals surface area contributed by atoms with Gasteiger partial charge >= 0.3 is 0 Å². The zero-order valence-electron chi connectivity index (χ0n) is 23.8. The van der Waals surface area contributed by atoms with E-state index >= 15 is 0 Å². The minimum Gasteiger partial charge on any atom is -0.370 e. The SMILES string of the molecule is CN(C)CCN(C)C(=O)C1CCN(c2cc(S(=O)(=O)NC3(C#N)CC3)cc3c(-c4nnc(C(F)F)s4)nn(C)c23)CC1. The topological polar surface area (TPSA) is 140 Å². The molecule has 2 aromatic heterocycles. The smallest absolute Gasteiger partial charge is 0.291 e. The molecular formula is C26H33F2N9O3S2. The molecule has 16 heteroatoms. The van der Waals surface area contributed by atoms with E-state index < -0.39 is 27.0 Å². The van der Waals surface area contributed by atoms with E-state index in [2.05, 4.69) is 20.0 Å². The molecular weight excluding hydrogens is 588 g/mol. The number of sulfonamides is 1. The maximum Gasteiger partial charge on any atom is 0.291 e. The number of hydrogen-bond acceptors (Lipinski definition) is 10. The molecule has 5 rings (SSSR count). The molecule has 1 N–H and O–H groups in total. The molecule has 1 aliphatic carbocycles. The Balaban J connectivity index is 1.51. The maximum atomic E-state index is 13.5. The summed E-state index contributed by atoms with van der Waals surface area (Å²) in [6.07, 6.45) is -0.798. The Morgan fingerprint density at radius 1 is 1.21 bits per heavy atom. The van der Waals surface area contributed by atoms with E-state index in [1.807, 2.05) is 30.0 Å². The lowest BCUT2D eigenvalue weighted by molar-refractivity contribution is -0.134. The molecule has 0 radical (unpaired) electrons. The molecule has 226 valence electrons. The Labute approximate surface area is 246 Å². The molecule has 1 aliphatic heterocycles. The number of carbonyl (C=O) groups is 1. The Hall–Kier alpha value is -3.26. The lowest BCUT2D eigenvalue weighted by Crippen LogP contribution is -2.43. The van der Waals surface area contributed by atoms with Gasteiger partial charge in [0.25, 0.3) is 6.43 Å². The van der Waals surface area contributed by atoms with Crippen molar-refractivity contribution in [3.63, 3.8) is 0 Å². The molecule has 42 heavy (non-hydrogen) atoms. The molecule has 1 saturated carbocycles. The zero-order chi connectivity index (χ0) is 30.4. The number of fused-ring (bicyclic) bond motifs is 1. The van der Waals surface area contributed by atoms with Crippen molar-refractivity contribution in [2.24, 2.45) is 13.0 Å². The minimum absolute atomic E-state index is 0.0685. The number of nitrogens with one attached hydrogen (secondary N) is 1.